The second-order valence-electron chi connectivity index (χ2n) is 5.87. The van der Waals surface area contributed by atoms with E-state index in [4.69, 9.17) is 23.2 Å². The van der Waals surface area contributed by atoms with Gasteiger partial charge >= 0.3 is 0 Å². The van der Waals surface area contributed by atoms with Gasteiger partial charge in [-0.1, -0.05) is 40.2 Å². The van der Waals surface area contributed by atoms with Gasteiger partial charge in [0.1, 0.15) is 0 Å². The van der Waals surface area contributed by atoms with Gasteiger partial charge in [-0.3, -0.25) is 4.79 Å². The Balaban J connectivity index is 1.99. The highest BCUT2D eigenvalue weighted by Gasteiger charge is 2.22. The molecule has 0 unspecified atom stereocenters. The zero-order chi connectivity index (χ0) is 19.4. The van der Waals surface area contributed by atoms with Gasteiger partial charge < -0.3 is 5.32 Å². The van der Waals surface area contributed by atoms with Crippen LogP contribution in [0.5, 0.6) is 0 Å². The molecule has 0 aliphatic heterocycles. The lowest BCUT2D eigenvalue weighted by Crippen LogP contribution is -2.31. The van der Waals surface area contributed by atoms with Gasteiger partial charge in [0.15, 0.2) is 10.9 Å². The molecule has 1 N–H and O–H groups in total. The summed E-state index contributed by atoms with van der Waals surface area (Å²) in [4.78, 5) is 20.9. The predicted molar refractivity (Wildman–Crippen MR) is 106 cm³/mol. The Morgan fingerprint density at radius 1 is 1.19 bits per heavy atom. The number of benzene rings is 1. The van der Waals surface area contributed by atoms with Crippen LogP contribution < -0.4 is 5.32 Å². The fourth-order valence-corrected chi connectivity index (χ4v) is 3.61. The van der Waals surface area contributed by atoms with Gasteiger partial charge in [0, 0.05) is 34.2 Å². The SMILES string of the molecule is CC(C)NC(=O)c1nnn(-c2cc(Cl)cc(Cl)c2)c1CSc1ncccn1. The summed E-state index contributed by atoms with van der Waals surface area (Å²) in [7, 11) is 0. The fourth-order valence-electron chi connectivity index (χ4n) is 2.30. The molecular formula is C17H16Cl2N6OS. The number of nitrogens with zero attached hydrogens (tertiary/aromatic N) is 5. The van der Waals surface area contributed by atoms with Crippen molar-refractivity contribution in [2.75, 3.05) is 0 Å². The molecule has 0 fully saturated rings. The van der Waals surface area contributed by atoms with Crippen molar-refractivity contribution in [3.8, 4) is 5.69 Å². The third-order valence-corrected chi connectivity index (χ3v) is 4.69. The van der Waals surface area contributed by atoms with Gasteiger partial charge in [-0.25, -0.2) is 14.6 Å². The van der Waals surface area contributed by atoms with E-state index < -0.39 is 0 Å². The molecule has 0 spiro atoms. The topological polar surface area (TPSA) is 85.6 Å². The lowest BCUT2D eigenvalue weighted by atomic mass is 10.2. The second kappa shape index (κ2) is 8.69. The zero-order valence-electron chi connectivity index (χ0n) is 14.6. The Bertz CT molecular complexity index is 928. The molecule has 0 aliphatic carbocycles. The third kappa shape index (κ3) is 4.97. The molecule has 140 valence electrons. The van der Waals surface area contributed by atoms with Crippen molar-refractivity contribution in [1.82, 2.24) is 30.3 Å². The van der Waals surface area contributed by atoms with Crippen molar-refractivity contribution in [3.05, 3.63) is 58.1 Å². The highest BCUT2D eigenvalue weighted by atomic mass is 35.5. The number of nitrogens with one attached hydrogen (secondary N) is 1. The maximum atomic E-state index is 12.5. The van der Waals surface area contributed by atoms with E-state index in [-0.39, 0.29) is 17.6 Å². The number of halogens is 2. The Labute approximate surface area is 170 Å². The number of thioether (sulfide) groups is 1. The molecule has 0 saturated heterocycles. The molecule has 2 aromatic heterocycles. The van der Waals surface area contributed by atoms with E-state index in [0.717, 1.165) is 0 Å². The first-order valence-corrected chi connectivity index (χ1v) is 9.80. The largest absolute Gasteiger partial charge is 0.348 e. The average molecular weight is 423 g/mol. The van der Waals surface area contributed by atoms with Crippen molar-refractivity contribution in [2.45, 2.75) is 30.8 Å². The molecule has 0 atom stereocenters. The van der Waals surface area contributed by atoms with Gasteiger partial charge in [0.25, 0.3) is 5.91 Å². The van der Waals surface area contributed by atoms with E-state index in [1.165, 1.54) is 11.8 Å². The van der Waals surface area contributed by atoms with Gasteiger partial charge in [0.05, 0.1) is 11.4 Å². The maximum Gasteiger partial charge on any atom is 0.274 e. The number of amides is 1. The number of carbonyl (C=O) groups is 1. The van der Waals surface area contributed by atoms with E-state index in [2.05, 4.69) is 25.6 Å². The molecule has 0 radical (unpaired) electrons. The monoisotopic (exact) mass is 422 g/mol. The molecule has 2 heterocycles. The standard InChI is InChI=1S/C17H16Cl2N6OS/c1-10(2)22-16(26)15-14(9-27-17-20-4-3-5-21-17)25(24-23-15)13-7-11(18)6-12(19)8-13/h3-8,10H,9H2,1-2H3,(H,22,26). The molecule has 0 aliphatic rings. The predicted octanol–water partition coefficient (Wildman–Crippen LogP) is 3.79. The summed E-state index contributed by atoms with van der Waals surface area (Å²) in [6.07, 6.45) is 3.32. The van der Waals surface area contributed by atoms with Crippen LogP contribution in [0.25, 0.3) is 5.69 Å². The highest BCUT2D eigenvalue weighted by Crippen LogP contribution is 2.26. The van der Waals surface area contributed by atoms with Crippen LogP contribution in [0, 0.1) is 0 Å². The molecule has 3 rings (SSSR count). The average Bonchev–Trinajstić information content (AvgIpc) is 3.03. The van der Waals surface area contributed by atoms with Gasteiger partial charge in [-0.05, 0) is 38.1 Å². The van der Waals surface area contributed by atoms with Gasteiger partial charge in [0.2, 0.25) is 0 Å². The fraction of sp³-hybridized carbons (Fsp3) is 0.235. The lowest BCUT2D eigenvalue weighted by molar-refractivity contribution is 0.0937. The van der Waals surface area contributed by atoms with E-state index in [1.54, 1.807) is 41.3 Å². The normalized spacial score (nSPS) is 11.0. The Morgan fingerprint density at radius 2 is 1.85 bits per heavy atom. The summed E-state index contributed by atoms with van der Waals surface area (Å²) in [5.74, 6) is 0.0936. The van der Waals surface area contributed by atoms with Crippen molar-refractivity contribution in [3.63, 3.8) is 0 Å². The molecule has 1 aromatic carbocycles. The number of rotatable bonds is 6. The molecule has 27 heavy (non-hydrogen) atoms. The van der Waals surface area contributed by atoms with Gasteiger partial charge in [-0.15, -0.1) is 5.10 Å². The highest BCUT2D eigenvalue weighted by molar-refractivity contribution is 7.98. The third-order valence-electron chi connectivity index (χ3n) is 3.37. The second-order valence-corrected chi connectivity index (χ2v) is 7.69. The molecule has 7 nitrogen and oxygen atoms in total. The number of hydrogen-bond acceptors (Lipinski definition) is 6. The summed E-state index contributed by atoms with van der Waals surface area (Å²) >= 11 is 13.6. The summed E-state index contributed by atoms with van der Waals surface area (Å²) in [6.45, 7) is 3.76. The number of carbonyl (C=O) groups excluding carboxylic acids is 1. The number of hydrogen-bond donors (Lipinski definition) is 1. The summed E-state index contributed by atoms with van der Waals surface area (Å²) in [6, 6.07) is 6.76. The Hall–Kier alpha value is -2.16. The van der Waals surface area contributed by atoms with Crippen LogP contribution in [0.2, 0.25) is 10.0 Å². The van der Waals surface area contributed by atoms with Crippen LogP contribution in [-0.4, -0.2) is 36.9 Å². The minimum atomic E-state index is -0.297. The molecule has 10 heteroatoms. The van der Waals surface area contributed by atoms with Crippen LogP contribution in [-0.2, 0) is 5.75 Å². The van der Waals surface area contributed by atoms with Crippen molar-refractivity contribution < 1.29 is 4.79 Å². The molecule has 1 amide bonds. The Morgan fingerprint density at radius 3 is 2.48 bits per heavy atom. The first kappa shape index (κ1) is 19.6. The first-order chi connectivity index (χ1) is 12.9. The quantitative estimate of drug-likeness (QED) is 0.480. The maximum absolute atomic E-state index is 12.5. The molecular weight excluding hydrogens is 407 g/mol. The molecule has 0 saturated carbocycles. The van der Waals surface area contributed by atoms with Crippen molar-refractivity contribution in [1.29, 1.82) is 0 Å². The minimum absolute atomic E-state index is 0.0266. The molecule has 0 bridgehead atoms. The summed E-state index contributed by atoms with van der Waals surface area (Å²) in [5.41, 5.74) is 1.46. The zero-order valence-corrected chi connectivity index (χ0v) is 16.9. The van der Waals surface area contributed by atoms with Crippen molar-refractivity contribution >= 4 is 40.9 Å². The van der Waals surface area contributed by atoms with Crippen LogP contribution in [0.4, 0.5) is 0 Å². The van der Waals surface area contributed by atoms with Crippen LogP contribution >= 0.6 is 35.0 Å². The van der Waals surface area contributed by atoms with E-state index in [1.807, 2.05) is 13.8 Å². The number of aromatic nitrogens is 5. The smallest absolute Gasteiger partial charge is 0.274 e. The van der Waals surface area contributed by atoms with Crippen LogP contribution in [0.3, 0.4) is 0 Å². The Kier molecular flexibility index (Phi) is 6.30. The summed E-state index contributed by atoms with van der Waals surface area (Å²) in [5, 5.41) is 12.6. The van der Waals surface area contributed by atoms with E-state index in [9.17, 15) is 4.79 Å². The van der Waals surface area contributed by atoms with Gasteiger partial charge in [-0.2, -0.15) is 0 Å². The van der Waals surface area contributed by atoms with Crippen LogP contribution in [0.1, 0.15) is 30.0 Å². The van der Waals surface area contributed by atoms with E-state index >= 15 is 0 Å². The van der Waals surface area contributed by atoms with Crippen LogP contribution in [0.15, 0.2) is 41.8 Å². The lowest BCUT2D eigenvalue weighted by Gasteiger charge is -2.10. The minimum Gasteiger partial charge on any atom is -0.348 e. The summed E-state index contributed by atoms with van der Waals surface area (Å²) < 4.78 is 1.56. The van der Waals surface area contributed by atoms with E-state index in [0.29, 0.717) is 32.3 Å². The first-order valence-electron chi connectivity index (χ1n) is 8.05. The molecule has 3 aromatic rings. The van der Waals surface area contributed by atoms with Crippen molar-refractivity contribution in [2.24, 2.45) is 0 Å².